The Kier molecular flexibility index (Phi) is 3.38. The molecule has 0 spiro atoms. The van der Waals surface area contributed by atoms with E-state index < -0.39 is 5.97 Å². The van der Waals surface area contributed by atoms with Gasteiger partial charge in [0.05, 0.1) is 24.4 Å². The van der Waals surface area contributed by atoms with Crippen molar-refractivity contribution in [1.82, 2.24) is 9.78 Å². The summed E-state index contributed by atoms with van der Waals surface area (Å²) < 4.78 is 6.37. The molecule has 2 heterocycles. The SMILES string of the molecule is O=C(O)Cn1cc(NC(=O)C2CCOC2)cn1. The molecule has 17 heavy (non-hydrogen) atoms. The molecule has 1 aliphatic heterocycles. The number of rotatable bonds is 4. The molecule has 0 aromatic carbocycles. The molecule has 1 saturated heterocycles. The molecule has 1 aliphatic rings. The number of nitrogens with zero attached hydrogens (tertiary/aromatic N) is 2. The number of anilines is 1. The minimum absolute atomic E-state index is 0.114. The van der Waals surface area contributed by atoms with Gasteiger partial charge in [-0.1, -0.05) is 0 Å². The lowest BCUT2D eigenvalue weighted by molar-refractivity contribution is -0.137. The van der Waals surface area contributed by atoms with Gasteiger partial charge < -0.3 is 15.2 Å². The van der Waals surface area contributed by atoms with Crippen LogP contribution >= 0.6 is 0 Å². The number of aliphatic carboxylic acids is 1. The van der Waals surface area contributed by atoms with E-state index in [0.29, 0.717) is 18.9 Å². The van der Waals surface area contributed by atoms with Crippen LogP contribution in [0.5, 0.6) is 0 Å². The Balaban J connectivity index is 1.91. The van der Waals surface area contributed by atoms with Crippen LogP contribution in [0.25, 0.3) is 0 Å². The second-order valence-electron chi connectivity index (χ2n) is 3.87. The van der Waals surface area contributed by atoms with Crippen molar-refractivity contribution in [3.05, 3.63) is 12.4 Å². The number of carboxylic acid groups (broad SMARTS) is 1. The summed E-state index contributed by atoms with van der Waals surface area (Å²) in [7, 11) is 0. The van der Waals surface area contributed by atoms with Crippen LogP contribution in [0.1, 0.15) is 6.42 Å². The first-order chi connectivity index (χ1) is 8.15. The fraction of sp³-hybridized carbons (Fsp3) is 0.500. The highest BCUT2D eigenvalue weighted by Gasteiger charge is 2.23. The van der Waals surface area contributed by atoms with Gasteiger partial charge in [0, 0.05) is 12.8 Å². The minimum Gasteiger partial charge on any atom is -0.480 e. The fourth-order valence-corrected chi connectivity index (χ4v) is 1.64. The van der Waals surface area contributed by atoms with Gasteiger partial charge in [-0.25, -0.2) is 0 Å². The first kappa shape index (κ1) is 11.6. The van der Waals surface area contributed by atoms with Gasteiger partial charge in [-0.3, -0.25) is 14.3 Å². The third kappa shape index (κ3) is 3.04. The van der Waals surface area contributed by atoms with Crippen molar-refractivity contribution in [3.63, 3.8) is 0 Å². The quantitative estimate of drug-likeness (QED) is 0.767. The van der Waals surface area contributed by atoms with Crippen molar-refractivity contribution in [1.29, 1.82) is 0 Å². The predicted molar refractivity (Wildman–Crippen MR) is 57.4 cm³/mol. The molecule has 2 rings (SSSR count). The van der Waals surface area contributed by atoms with Gasteiger partial charge in [-0.15, -0.1) is 0 Å². The normalized spacial score (nSPS) is 19.2. The van der Waals surface area contributed by atoms with Crippen LogP contribution in [0.2, 0.25) is 0 Å². The van der Waals surface area contributed by atoms with E-state index >= 15 is 0 Å². The maximum atomic E-state index is 11.7. The summed E-state index contributed by atoms with van der Waals surface area (Å²) in [5, 5.41) is 15.1. The first-order valence-corrected chi connectivity index (χ1v) is 5.28. The summed E-state index contributed by atoms with van der Waals surface area (Å²) in [5.41, 5.74) is 0.503. The molecule has 0 bridgehead atoms. The number of aromatic nitrogens is 2. The van der Waals surface area contributed by atoms with Crippen LogP contribution in [0.15, 0.2) is 12.4 Å². The van der Waals surface area contributed by atoms with E-state index in [2.05, 4.69) is 10.4 Å². The summed E-state index contributed by atoms with van der Waals surface area (Å²) >= 11 is 0. The van der Waals surface area contributed by atoms with E-state index in [9.17, 15) is 9.59 Å². The molecule has 1 aromatic heterocycles. The van der Waals surface area contributed by atoms with E-state index in [4.69, 9.17) is 9.84 Å². The van der Waals surface area contributed by atoms with Gasteiger partial charge >= 0.3 is 5.97 Å². The van der Waals surface area contributed by atoms with E-state index in [1.165, 1.54) is 17.1 Å². The zero-order valence-corrected chi connectivity index (χ0v) is 9.13. The molecular formula is C10H13N3O4. The zero-order chi connectivity index (χ0) is 12.3. The molecule has 1 amide bonds. The summed E-state index contributed by atoms with van der Waals surface area (Å²) in [5.74, 6) is -1.22. The number of amides is 1. The average Bonchev–Trinajstić information content (AvgIpc) is 2.87. The lowest BCUT2D eigenvalue weighted by Crippen LogP contribution is -2.22. The average molecular weight is 239 g/mol. The van der Waals surface area contributed by atoms with Crippen molar-refractivity contribution in [2.75, 3.05) is 18.5 Å². The number of ether oxygens (including phenoxy) is 1. The predicted octanol–water partition coefficient (Wildman–Crippen LogP) is -0.0573. The van der Waals surface area contributed by atoms with Gasteiger partial charge in [0.25, 0.3) is 0 Å². The minimum atomic E-state index is -0.977. The molecular weight excluding hydrogens is 226 g/mol. The maximum absolute atomic E-state index is 11.7. The molecule has 1 aromatic rings. The fourth-order valence-electron chi connectivity index (χ4n) is 1.64. The number of hydrogen-bond acceptors (Lipinski definition) is 4. The molecule has 0 aliphatic carbocycles. The first-order valence-electron chi connectivity index (χ1n) is 5.28. The molecule has 1 unspecified atom stereocenters. The number of hydrogen-bond donors (Lipinski definition) is 2. The molecule has 92 valence electrons. The van der Waals surface area contributed by atoms with Crippen LogP contribution in [0, 0.1) is 5.92 Å². The number of carbonyl (C=O) groups excluding carboxylic acids is 1. The molecule has 0 radical (unpaired) electrons. The Morgan fingerprint density at radius 3 is 3.12 bits per heavy atom. The molecule has 7 nitrogen and oxygen atoms in total. The van der Waals surface area contributed by atoms with E-state index in [0.717, 1.165) is 6.42 Å². The number of carboxylic acids is 1. The Morgan fingerprint density at radius 2 is 2.47 bits per heavy atom. The van der Waals surface area contributed by atoms with Gasteiger partial charge in [0.1, 0.15) is 6.54 Å². The van der Waals surface area contributed by atoms with Crippen molar-refractivity contribution in [2.24, 2.45) is 5.92 Å². The second-order valence-corrected chi connectivity index (χ2v) is 3.87. The standard InChI is InChI=1S/C10H13N3O4/c14-9(15)5-13-4-8(3-11-13)12-10(16)7-1-2-17-6-7/h3-4,7H,1-2,5-6H2,(H,12,16)(H,14,15). The molecule has 7 heteroatoms. The zero-order valence-electron chi connectivity index (χ0n) is 9.13. The maximum Gasteiger partial charge on any atom is 0.325 e. The van der Waals surface area contributed by atoms with Crippen LogP contribution in [-0.2, 0) is 20.9 Å². The van der Waals surface area contributed by atoms with Crippen molar-refractivity contribution >= 4 is 17.6 Å². The molecule has 1 fully saturated rings. The van der Waals surface area contributed by atoms with Crippen LogP contribution in [0.4, 0.5) is 5.69 Å². The summed E-state index contributed by atoms with van der Waals surface area (Å²) in [6.45, 7) is 0.827. The largest absolute Gasteiger partial charge is 0.480 e. The van der Waals surface area contributed by atoms with Gasteiger partial charge in [0.15, 0.2) is 0 Å². The highest BCUT2D eigenvalue weighted by Crippen LogP contribution is 2.15. The number of nitrogens with one attached hydrogen (secondary N) is 1. The van der Waals surface area contributed by atoms with E-state index in [1.54, 1.807) is 0 Å². The molecule has 0 saturated carbocycles. The third-order valence-corrected chi connectivity index (χ3v) is 2.50. The Morgan fingerprint density at radius 1 is 1.65 bits per heavy atom. The summed E-state index contributed by atoms with van der Waals surface area (Å²) in [4.78, 5) is 22.1. The third-order valence-electron chi connectivity index (χ3n) is 2.50. The summed E-state index contributed by atoms with van der Waals surface area (Å²) in [6, 6.07) is 0. The van der Waals surface area contributed by atoms with E-state index in [-0.39, 0.29) is 18.4 Å². The summed E-state index contributed by atoms with van der Waals surface area (Å²) in [6.07, 6.45) is 3.63. The van der Waals surface area contributed by atoms with Gasteiger partial charge in [0.2, 0.25) is 5.91 Å². The van der Waals surface area contributed by atoms with Gasteiger partial charge in [-0.2, -0.15) is 5.10 Å². The van der Waals surface area contributed by atoms with Crippen LogP contribution in [0.3, 0.4) is 0 Å². The van der Waals surface area contributed by atoms with Gasteiger partial charge in [-0.05, 0) is 6.42 Å². The highest BCUT2D eigenvalue weighted by atomic mass is 16.5. The molecule has 1 atom stereocenters. The smallest absolute Gasteiger partial charge is 0.325 e. The lowest BCUT2D eigenvalue weighted by Gasteiger charge is -2.06. The Hall–Kier alpha value is -1.89. The van der Waals surface area contributed by atoms with Crippen LogP contribution in [-0.4, -0.2) is 40.0 Å². The highest BCUT2D eigenvalue weighted by molar-refractivity contribution is 5.92. The topological polar surface area (TPSA) is 93.5 Å². The molecule has 2 N–H and O–H groups in total. The Bertz CT molecular complexity index is 423. The van der Waals surface area contributed by atoms with Crippen molar-refractivity contribution in [2.45, 2.75) is 13.0 Å². The Labute approximate surface area is 97.4 Å². The van der Waals surface area contributed by atoms with E-state index in [1.807, 2.05) is 0 Å². The second kappa shape index (κ2) is 4.96. The van der Waals surface area contributed by atoms with Crippen molar-refractivity contribution < 1.29 is 19.4 Å². The monoisotopic (exact) mass is 239 g/mol. The lowest BCUT2D eigenvalue weighted by atomic mass is 10.1. The number of carbonyl (C=O) groups is 2. The van der Waals surface area contributed by atoms with Crippen molar-refractivity contribution in [3.8, 4) is 0 Å². The van der Waals surface area contributed by atoms with Crippen LogP contribution < -0.4 is 5.32 Å².